The highest BCUT2D eigenvalue weighted by molar-refractivity contribution is 5.32. The van der Waals surface area contributed by atoms with Crippen molar-refractivity contribution >= 4 is 11.9 Å². The van der Waals surface area contributed by atoms with Crippen LogP contribution in [0, 0.1) is 0 Å². The van der Waals surface area contributed by atoms with Crippen LogP contribution in [0.5, 0.6) is 0 Å². The van der Waals surface area contributed by atoms with E-state index >= 15 is 0 Å². The third-order valence-corrected chi connectivity index (χ3v) is 2.47. The lowest BCUT2D eigenvalue weighted by atomic mass is 10.2. The quantitative estimate of drug-likeness (QED) is 0.715. The van der Waals surface area contributed by atoms with Gasteiger partial charge >= 0.3 is 0 Å². The van der Waals surface area contributed by atoms with Gasteiger partial charge in [0.05, 0.1) is 0 Å². The fourth-order valence-corrected chi connectivity index (χ4v) is 1.72. The molecule has 5 heteroatoms. The Balaban J connectivity index is 2.12. The highest BCUT2D eigenvalue weighted by Crippen LogP contribution is 2.14. The van der Waals surface area contributed by atoms with Gasteiger partial charge in [-0.15, -0.1) is 0 Å². The molecule has 2 rings (SSSR count). The summed E-state index contributed by atoms with van der Waals surface area (Å²) >= 11 is 0. The summed E-state index contributed by atoms with van der Waals surface area (Å²) in [4.78, 5) is 14.2. The van der Waals surface area contributed by atoms with E-state index in [0.717, 1.165) is 19.0 Å². The van der Waals surface area contributed by atoms with Gasteiger partial charge in [0.15, 0.2) is 0 Å². The minimum absolute atomic E-state index is 0.305. The molecule has 0 unspecified atom stereocenters. The summed E-state index contributed by atoms with van der Waals surface area (Å²) in [6.07, 6.45) is 6.51. The molecule has 1 aromatic rings. The number of nitrogens with two attached hydrogens (primary N) is 1. The van der Waals surface area contributed by atoms with Crippen molar-refractivity contribution in [1.29, 1.82) is 0 Å². The number of hydrogen-bond acceptors (Lipinski definition) is 5. The van der Waals surface area contributed by atoms with E-state index < -0.39 is 0 Å². The standard InChI is InChI=1S/C9H15N5/c10-8-11-7-12-9(13-8)14-5-3-1-2-4-6-14/h7H,1-6H2,(H2,10,11,12,13). The fraction of sp³-hybridized carbons (Fsp3) is 0.667. The van der Waals surface area contributed by atoms with Crippen molar-refractivity contribution in [3.63, 3.8) is 0 Å². The van der Waals surface area contributed by atoms with Crippen LogP contribution in [0.15, 0.2) is 6.33 Å². The molecule has 1 aliphatic heterocycles. The van der Waals surface area contributed by atoms with E-state index in [-0.39, 0.29) is 0 Å². The summed E-state index contributed by atoms with van der Waals surface area (Å²) in [5, 5.41) is 0. The monoisotopic (exact) mass is 193 g/mol. The van der Waals surface area contributed by atoms with Gasteiger partial charge in [-0.05, 0) is 12.8 Å². The smallest absolute Gasteiger partial charge is 0.230 e. The van der Waals surface area contributed by atoms with E-state index in [1.165, 1.54) is 32.0 Å². The first-order chi connectivity index (χ1) is 6.86. The highest BCUT2D eigenvalue weighted by atomic mass is 15.3. The summed E-state index contributed by atoms with van der Waals surface area (Å²) in [7, 11) is 0. The molecule has 0 bridgehead atoms. The molecular weight excluding hydrogens is 178 g/mol. The topological polar surface area (TPSA) is 67.9 Å². The van der Waals surface area contributed by atoms with Gasteiger partial charge in [-0.2, -0.15) is 4.98 Å². The fourth-order valence-electron chi connectivity index (χ4n) is 1.72. The molecule has 0 amide bonds. The lowest BCUT2D eigenvalue weighted by Gasteiger charge is -2.19. The van der Waals surface area contributed by atoms with E-state index in [0.29, 0.717) is 5.95 Å². The van der Waals surface area contributed by atoms with Crippen LogP contribution in [0.3, 0.4) is 0 Å². The molecule has 76 valence electrons. The number of anilines is 2. The molecule has 0 spiro atoms. The molecule has 14 heavy (non-hydrogen) atoms. The predicted molar refractivity (Wildman–Crippen MR) is 54.9 cm³/mol. The first-order valence-corrected chi connectivity index (χ1v) is 5.06. The van der Waals surface area contributed by atoms with Crippen molar-refractivity contribution in [2.45, 2.75) is 25.7 Å². The van der Waals surface area contributed by atoms with Crippen LogP contribution in [-0.4, -0.2) is 28.0 Å². The van der Waals surface area contributed by atoms with Gasteiger partial charge in [-0.1, -0.05) is 12.8 Å². The Labute approximate surface area is 83.4 Å². The molecule has 1 aliphatic rings. The minimum atomic E-state index is 0.305. The Kier molecular flexibility index (Phi) is 2.76. The Morgan fingerprint density at radius 3 is 2.43 bits per heavy atom. The van der Waals surface area contributed by atoms with Gasteiger partial charge in [0.2, 0.25) is 11.9 Å². The largest absolute Gasteiger partial charge is 0.368 e. The van der Waals surface area contributed by atoms with Crippen LogP contribution in [-0.2, 0) is 0 Å². The van der Waals surface area contributed by atoms with Crippen LogP contribution in [0.2, 0.25) is 0 Å². The second-order valence-corrected chi connectivity index (χ2v) is 3.54. The van der Waals surface area contributed by atoms with Crippen molar-refractivity contribution in [2.24, 2.45) is 0 Å². The zero-order valence-corrected chi connectivity index (χ0v) is 8.19. The summed E-state index contributed by atoms with van der Waals surface area (Å²) in [5.41, 5.74) is 5.52. The van der Waals surface area contributed by atoms with Crippen molar-refractivity contribution in [3.05, 3.63) is 6.33 Å². The van der Waals surface area contributed by atoms with Crippen LogP contribution in [0.25, 0.3) is 0 Å². The van der Waals surface area contributed by atoms with Crippen molar-refractivity contribution in [2.75, 3.05) is 23.7 Å². The maximum Gasteiger partial charge on any atom is 0.230 e. The lowest BCUT2D eigenvalue weighted by Crippen LogP contribution is -2.26. The number of nitrogen functional groups attached to an aromatic ring is 1. The van der Waals surface area contributed by atoms with Crippen molar-refractivity contribution in [1.82, 2.24) is 15.0 Å². The summed E-state index contributed by atoms with van der Waals surface area (Å²) < 4.78 is 0. The first kappa shape index (κ1) is 9.18. The Hall–Kier alpha value is -1.39. The van der Waals surface area contributed by atoms with Crippen LogP contribution < -0.4 is 10.6 Å². The minimum Gasteiger partial charge on any atom is -0.368 e. The lowest BCUT2D eigenvalue weighted by molar-refractivity contribution is 0.726. The zero-order chi connectivity index (χ0) is 9.80. The molecule has 0 atom stereocenters. The van der Waals surface area contributed by atoms with Crippen LogP contribution in [0.4, 0.5) is 11.9 Å². The SMILES string of the molecule is Nc1ncnc(N2CCCCCC2)n1. The number of rotatable bonds is 1. The molecule has 1 aromatic heterocycles. The summed E-state index contributed by atoms with van der Waals surface area (Å²) in [6.45, 7) is 2.06. The summed E-state index contributed by atoms with van der Waals surface area (Å²) in [5.74, 6) is 1.03. The maximum atomic E-state index is 5.52. The highest BCUT2D eigenvalue weighted by Gasteiger charge is 2.12. The number of aromatic nitrogens is 3. The Morgan fingerprint density at radius 2 is 1.79 bits per heavy atom. The Morgan fingerprint density at radius 1 is 1.07 bits per heavy atom. The van der Waals surface area contributed by atoms with Gasteiger partial charge in [-0.25, -0.2) is 9.97 Å². The van der Waals surface area contributed by atoms with Gasteiger partial charge in [0, 0.05) is 13.1 Å². The van der Waals surface area contributed by atoms with E-state index in [2.05, 4.69) is 19.9 Å². The van der Waals surface area contributed by atoms with Gasteiger partial charge < -0.3 is 10.6 Å². The van der Waals surface area contributed by atoms with Crippen LogP contribution in [0.1, 0.15) is 25.7 Å². The number of nitrogens with zero attached hydrogens (tertiary/aromatic N) is 4. The van der Waals surface area contributed by atoms with Gasteiger partial charge in [-0.3, -0.25) is 0 Å². The summed E-state index contributed by atoms with van der Waals surface area (Å²) in [6, 6.07) is 0. The molecule has 5 nitrogen and oxygen atoms in total. The molecule has 0 aliphatic carbocycles. The molecule has 1 saturated heterocycles. The van der Waals surface area contributed by atoms with E-state index in [1.54, 1.807) is 0 Å². The second kappa shape index (κ2) is 4.21. The number of hydrogen-bond donors (Lipinski definition) is 1. The molecule has 0 aromatic carbocycles. The first-order valence-electron chi connectivity index (χ1n) is 5.06. The van der Waals surface area contributed by atoms with Crippen LogP contribution >= 0.6 is 0 Å². The average Bonchev–Trinajstić information content (AvgIpc) is 2.45. The van der Waals surface area contributed by atoms with Gasteiger partial charge in [0.1, 0.15) is 6.33 Å². The van der Waals surface area contributed by atoms with Crippen molar-refractivity contribution in [3.8, 4) is 0 Å². The molecule has 0 radical (unpaired) electrons. The Bertz CT molecular complexity index is 293. The molecule has 0 saturated carbocycles. The second-order valence-electron chi connectivity index (χ2n) is 3.54. The molecular formula is C9H15N5. The molecule has 2 N–H and O–H groups in total. The normalized spacial score (nSPS) is 17.9. The maximum absolute atomic E-state index is 5.52. The van der Waals surface area contributed by atoms with E-state index in [4.69, 9.17) is 5.73 Å². The third-order valence-electron chi connectivity index (χ3n) is 2.47. The van der Waals surface area contributed by atoms with E-state index in [1.807, 2.05) is 0 Å². The van der Waals surface area contributed by atoms with E-state index in [9.17, 15) is 0 Å². The zero-order valence-electron chi connectivity index (χ0n) is 8.19. The third kappa shape index (κ3) is 2.10. The predicted octanol–water partition coefficient (Wildman–Crippen LogP) is 0.834. The molecule has 1 fully saturated rings. The molecule has 2 heterocycles. The van der Waals surface area contributed by atoms with Gasteiger partial charge in [0.25, 0.3) is 0 Å². The average molecular weight is 193 g/mol. The van der Waals surface area contributed by atoms with Crippen molar-refractivity contribution < 1.29 is 0 Å².